The number of anilines is 1. The summed E-state index contributed by atoms with van der Waals surface area (Å²) in [4.78, 5) is 23.9. The summed E-state index contributed by atoms with van der Waals surface area (Å²) < 4.78 is 5.14. The number of rotatable bonds is 3. The second-order valence-electron chi connectivity index (χ2n) is 5.58. The first kappa shape index (κ1) is 15.4. The first-order valence-corrected chi connectivity index (χ1v) is 7.35. The van der Waals surface area contributed by atoms with E-state index >= 15 is 0 Å². The number of ether oxygens (including phenoxy) is 1. The van der Waals surface area contributed by atoms with Crippen LogP contribution in [0.4, 0.5) is 5.69 Å². The second kappa shape index (κ2) is 7.11. The highest BCUT2D eigenvalue weighted by Gasteiger charge is 2.23. The van der Waals surface area contributed by atoms with Crippen molar-refractivity contribution in [2.75, 3.05) is 12.4 Å². The van der Waals surface area contributed by atoms with Gasteiger partial charge in [-0.2, -0.15) is 0 Å². The Bertz CT molecular complexity index is 508. The first-order chi connectivity index (χ1) is 10.1. The Morgan fingerprint density at radius 2 is 1.76 bits per heavy atom. The van der Waals surface area contributed by atoms with E-state index in [1.807, 2.05) is 0 Å². The topological polar surface area (TPSA) is 67.4 Å². The van der Waals surface area contributed by atoms with Gasteiger partial charge in [0.05, 0.1) is 12.8 Å². The number of nitrogens with one attached hydrogen (secondary N) is 2. The lowest BCUT2D eigenvalue weighted by molar-refractivity contribution is -0.136. The van der Waals surface area contributed by atoms with Gasteiger partial charge in [-0.1, -0.05) is 19.1 Å². The van der Waals surface area contributed by atoms with Gasteiger partial charge in [-0.05, 0) is 43.7 Å². The zero-order chi connectivity index (χ0) is 15.2. The fraction of sp³-hybridized carbons (Fsp3) is 0.500. The van der Waals surface area contributed by atoms with E-state index in [1.165, 1.54) is 7.11 Å². The molecule has 5 nitrogen and oxygen atoms in total. The van der Waals surface area contributed by atoms with Crippen LogP contribution in [0.2, 0.25) is 0 Å². The molecule has 21 heavy (non-hydrogen) atoms. The summed E-state index contributed by atoms with van der Waals surface area (Å²) in [5.74, 6) is 0.00396. The number of benzene rings is 1. The van der Waals surface area contributed by atoms with Crippen LogP contribution < -0.4 is 15.4 Å². The zero-order valence-electron chi connectivity index (χ0n) is 12.5. The molecule has 0 unspecified atom stereocenters. The van der Waals surface area contributed by atoms with Crippen molar-refractivity contribution >= 4 is 17.5 Å². The van der Waals surface area contributed by atoms with Crippen LogP contribution >= 0.6 is 0 Å². The van der Waals surface area contributed by atoms with E-state index in [0.29, 0.717) is 17.4 Å². The third-order valence-electron chi connectivity index (χ3n) is 3.91. The van der Waals surface area contributed by atoms with Gasteiger partial charge in [0.2, 0.25) is 0 Å². The summed E-state index contributed by atoms with van der Waals surface area (Å²) in [6.07, 6.45) is 4.07. The van der Waals surface area contributed by atoms with Crippen LogP contribution in [-0.2, 0) is 9.59 Å². The maximum atomic E-state index is 11.9. The van der Waals surface area contributed by atoms with Crippen LogP contribution in [0.3, 0.4) is 0 Å². The molecule has 114 valence electrons. The number of methoxy groups -OCH3 is 1. The molecule has 0 radical (unpaired) electrons. The molecule has 1 fully saturated rings. The summed E-state index contributed by atoms with van der Waals surface area (Å²) in [5.41, 5.74) is 0.498. The van der Waals surface area contributed by atoms with Gasteiger partial charge >= 0.3 is 11.8 Å². The van der Waals surface area contributed by atoms with E-state index in [4.69, 9.17) is 4.74 Å². The van der Waals surface area contributed by atoms with Crippen molar-refractivity contribution in [3.63, 3.8) is 0 Å². The Kier molecular flexibility index (Phi) is 5.20. The third-order valence-corrected chi connectivity index (χ3v) is 3.91. The molecule has 2 amide bonds. The molecule has 1 aromatic rings. The molecule has 2 rings (SSSR count). The number of amides is 2. The number of hydrogen-bond acceptors (Lipinski definition) is 3. The molecular weight excluding hydrogens is 268 g/mol. The largest absolute Gasteiger partial charge is 0.495 e. The molecule has 1 aliphatic carbocycles. The van der Waals surface area contributed by atoms with Crippen molar-refractivity contribution in [3.8, 4) is 5.75 Å². The summed E-state index contributed by atoms with van der Waals surface area (Å²) in [5, 5.41) is 5.39. The minimum absolute atomic E-state index is 0.108. The van der Waals surface area contributed by atoms with Crippen LogP contribution in [-0.4, -0.2) is 25.0 Å². The van der Waals surface area contributed by atoms with E-state index in [1.54, 1.807) is 24.3 Å². The van der Waals surface area contributed by atoms with Crippen LogP contribution in [0, 0.1) is 5.92 Å². The predicted molar refractivity (Wildman–Crippen MR) is 81.2 cm³/mol. The van der Waals surface area contributed by atoms with Crippen LogP contribution in [0.25, 0.3) is 0 Å². The van der Waals surface area contributed by atoms with E-state index in [-0.39, 0.29) is 6.04 Å². The van der Waals surface area contributed by atoms with Crippen molar-refractivity contribution in [1.82, 2.24) is 5.32 Å². The molecule has 0 spiro atoms. The van der Waals surface area contributed by atoms with Crippen molar-refractivity contribution in [2.45, 2.75) is 38.6 Å². The lowest BCUT2D eigenvalue weighted by Gasteiger charge is -2.26. The number of carbonyl (C=O) groups is 2. The molecule has 0 atom stereocenters. The van der Waals surface area contributed by atoms with Crippen LogP contribution in [0.1, 0.15) is 32.6 Å². The minimum Gasteiger partial charge on any atom is -0.495 e. The number of para-hydroxylation sites is 2. The smallest absolute Gasteiger partial charge is 0.313 e. The minimum atomic E-state index is -0.655. The average molecular weight is 290 g/mol. The highest BCUT2D eigenvalue weighted by Crippen LogP contribution is 2.24. The van der Waals surface area contributed by atoms with Crippen molar-refractivity contribution < 1.29 is 14.3 Å². The fourth-order valence-electron chi connectivity index (χ4n) is 2.58. The Morgan fingerprint density at radius 1 is 1.10 bits per heavy atom. The molecule has 1 saturated carbocycles. The SMILES string of the molecule is COc1ccccc1NC(=O)C(=O)NC1CCC(C)CC1. The quantitative estimate of drug-likeness (QED) is 0.840. The van der Waals surface area contributed by atoms with Gasteiger partial charge in [0.1, 0.15) is 5.75 Å². The zero-order valence-corrected chi connectivity index (χ0v) is 12.5. The molecule has 0 aromatic heterocycles. The number of carbonyl (C=O) groups excluding carboxylic acids is 2. The van der Waals surface area contributed by atoms with E-state index in [2.05, 4.69) is 17.6 Å². The van der Waals surface area contributed by atoms with Crippen molar-refractivity contribution in [1.29, 1.82) is 0 Å². The van der Waals surface area contributed by atoms with Gasteiger partial charge in [0.15, 0.2) is 0 Å². The van der Waals surface area contributed by atoms with Gasteiger partial charge in [0, 0.05) is 6.04 Å². The van der Waals surface area contributed by atoms with Crippen molar-refractivity contribution in [2.24, 2.45) is 5.92 Å². The molecule has 5 heteroatoms. The van der Waals surface area contributed by atoms with Gasteiger partial charge in [0.25, 0.3) is 0 Å². The van der Waals surface area contributed by atoms with E-state index in [0.717, 1.165) is 25.7 Å². The van der Waals surface area contributed by atoms with Crippen LogP contribution in [0.5, 0.6) is 5.75 Å². The predicted octanol–water partition coefficient (Wildman–Crippen LogP) is 2.33. The fourth-order valence-corrected chi connectivity index (χ4v) is 2.58. The number of hydrogen-bond donors (Lipinski definition) is 2. The first-order valence-electron chi connectivity index (χ1n) is 7.35. The molecular formula is C16H22N2O3. The third kappa shape index (κ3) is 4.21. The summed E-state index contributed by atoms with van der Waals surface area (Å²) in [6.45, 7) is 2.21. The Labute approximate surface area is 125 Å². The highest BCUT2D eigenvalue weighted by molar-refractivity contribution is 6.39. The van der Waals surface area contributed by atoms with E-state index < -0.39 is 11.8 Å². The summed E-state index contributed by atoms with van der Waals surface area (Å²) in [7, 11) is 1.52. The molecule has 2 N–H and O–H groups in total. The van der Waals surface area contributed by atoms with Gasteiger partial charge in [-0.25, -0.2) is 0 Å². The van der Waals surface area contributed by atoms with E-state index in [9.17, 15) is 9.59 Å². The monoisotopic (exact) mass is 290 g/mol. The van der Waals surface area contributed by atoms with Gasteiger partial charge in [-0.15, -0.1) is 0 Å². The molecule has 0 bridgehead atoms. The average Bonchev–Trinajstić information content (AvgIpc) is 2.50. The standard InChI is InChI=1S/C16H22N2O3/c1-11-7-9-12(10-8-11)17-15(19)16(20)18-13-5-3-4-6-14(13)21-2/h3-6,11-12H,7-10H2,1-2H3,(H,17,19)(H,18,20). The Balaban J connectivity index is 1.89. The molecule has 0 heterocycles. The maximum Gasteiger partial charge on any atom is 0.313 e. The van der Waals surface area contributed by atoms with Crippen molar-refractivity contribution in [3.05, 3.63) is 24.3 Å². The molecule has 0 saturated heterocycles. The summed E-state index contributed by atoms with van der Waals surface area (Å²) in [6, 6.07) is 7.12. The second-order valence-corrected chi connectivity index (χ2v) is 5.58. The lowest BCUT2D eigenvalue weighted by Crippen LogP contribution is -2.43. The maximum absolute atomic E-state index is 11.9. The Hall–Kier alpha value is -2.04. The van der Waals surface area contributed by atoms with Gasteiger partial charge in [-0.3, -0.25) is 9.59 Å². The highest BCUT2D eigenvalue weighted by atomic mass is 16.5. The normalized spacial score (nSPS) is 21.4. The van der Waals surface area contributed by atoms with Crippen LogP contribution in [0.15, 0.2) is 24.3 Å². The summed E-state index contributed by atoms with van der Waals surface area (Å²) >= 11 is 0. The lowest BCUT2D eigenvalue weighted by atomic mass is 9.87. The van der Waals surface area contributed by atoms with Gasteiger partial charge < -0.3 is 15.4 Å². The Morgan fingerprint density at radius 3 is 2.43 bits per heavy atom. The molecule has 1 aromatic carbocycles. The molecule has 1 aliphatic rings. The molecule has 0 aliphatic heterocycles.